The Morgan fingerprint density at radius 2 is 1.22 bits per heavy atom. The van der Waals surface area contributed by atoms with Crippen LogP contribution in [0.15, 0.2) is 90.0 Å². The Morgan fingerprint density at radius 1 is 0.639 bits per heavy atom. The van der Waals surface area contributed by atoms with Gasteiger partial charge in [0.15, 0.2) is 0 Å². The first-order valence-corrected chi connectivity index (χ1v) is 25.9. The zero-order valence-electron chi connectivity index (χ0n) is 41.8. The Balaban J connectivity index is 1.49. The highest BCUT2D eigenvalue weighted by Gasteiger charge is 2.32. The second kappa shape index (κ2) is 28.3. The number of aliphatic carboxylic acids is 1. The number of hydrogen-bond acceptors (Lipinski definition) is 10. The average Bonchev–Trinajstić information content (AvgIpc) is 3.73. The summed E-state index contributed by atoms with van der Waals surface area (Å²) in [6.45, 7) is 8.10. The molecule has 9 N–H and O–H groups in total. The molecular formula is C52H71N7O12S. The van der Waals surface area contributed by atoms with Gasteiger partial charge in [-0.15, -0.1) is 0 Å². The standard InChI is InChI=1S/C52H71N7O12S/c1-6-8-22-41(57-49(65)43(59-51(67)71-52(3,4)5)29-35-25-27-38(28-26-35)72(68,69)70)47(63)54-33-45(60)56-44(30-36-32-53-40-24-16-15-21-39(36)40)50(66)58-42(23-9-7-2)48(64)55-37(31-46(61)62)20-14-13-19-34-17-11-10-12-18-34/h10-12,15-18,21,24-28,32,37,41-44,53H,6-9,13-14,19-20,22-23,29-31,33H2,1-5H3,(H,54,63)(H,55,64)(H,56,60)(H,57,65)(H,58,66)(H,59,67)(H,61,62)(H,68,69,70)/t37-,41+,42+,43+,44-/m1/s1. The number of fused-ring (bicyclic) bond motifs is 1. The molecule has 20 heteroatoms. The summed E-state index contributed by atoms with van der Waals surface area (Å²) in [5.74, 6) is -4.57. The van der Waals surface area contributed by atoms with E-state index in [2.05, 4.69) is 36.9 Å². The molecule has 0 spiro atoms. The number of aryl methyl sites for hydroxylation is 1. The molecule has 0 unspecified atom stereocenters. The van der Waals surface area contributed by atoms with Crippen LogP contribution < -0.4 is 31.9 Å². The van der Waals surface area contributed by atoms with Crippen LogP contribution in [0.25, 0.3) is 10.9 Å². The summed E-state index contributed by atoms with van der Waals surface area (Å²) in [5.41, 5.74) is 2.11. The van der Waals surface area contributed by atoms with Crippen molar-refractivity contribution in [3.8, 4) is 0 Å². The van der Waals surface area contributed by atoms with Crippen molar-refractivity contribution < 1.29 is 56.4 Å². The third-order valence-electron chi connectivity index (χ3n) is 11.7. The van der Waals surface area contributed by atoms with Gasteiger partial charge in [-0.25, -0.2) is 4.79 Å². The number of carbonyl (C=O) groups excluding carboxylic acids is 6. The number of aromatic amines is 1. The fourth-order valence-electron chi connectivity index (χ4n) is 7.96. The molecule has 5 atom stereocenters. The molecular weight excluding hydrogens is 947 g/mol. The highest BCUT2D eigenvalue weighted by Crippen LogP contribution is 2.20. The number of para-hydroxylation sites is 1. The molecule has 3 aromatic carbocycles. The number of H-pyrrole nitrogens is 1. The number of rotatable bonds is 29. The van der Waals surface area contributed by atoms with E-state index >= 15 is 0 Å². The second-order valence-corrected chi connectivity index (χ2v) is 20.3. The smallest absolute Gasteiger partial charge is 0.408 e. The fourth-order valence-corrected chi connectivity index (χ4v) is 8.44. The van der Waals surface area contributed by atoms with Crippen LogP contribution in [-0.4, -0.2) is 107 Å². The first-order valence-electron chi connectivity index (χ1n) is 24.5. The Bertz CT molecular complexity index is 2550. The molecule has 0 bridgehead atoms. The van der Waals surface area contributed by atoms with Crippen LogP contribution in [0.4, 0.5) is 4.79 Å². The highest BCUT2D eigenvalue weighted by molar-refractivity contribution is 7.85. The van der Waals surface area contributed by atoms with Crippen molar-refractivity contribution in [3.05, 3.63) is 102 Å². The first-order chi connectivity index (χ1) is 34.1. The number of aromatic nitrogens is 1. The van der Waals surface area contributed by atoms with Gasteiger partial charge >= 0.3 is 12.1 Å². The van der Waals surface area contributed by atoms with Crippen molar-refractivity contribution in [2.75, 3.05) is 6.54 Å². The maximum absolute atomic E-state index is 14.3. The summed E-state index contributed by atoms with van der Waals surface area (Å²) in [6, 6.07) is 16.8. The van der Waals surface area contributed by atoms with Crippen molar-refractivity contribution in [3.63, 3.8) is 0 Å². The largest absolute Gasteiger partial charge is 0.481 e. The molecule has 19 nitrogen and oxygen atoms in total. The number of alkyl carbamates (subject to hydrolysis) is 1. The van der Waals surface area contributed by atoms with Gasteiger partial charge in [0.25, 0.3) is 10.1 Å². The predicted molar refractivity (Wildman–Crippen MR) is 271 cm³/mol. The number of hydrogen-bond donors (Lipinski definition) is 9. The molecule has 0 fully saturated rings. The van der Waals surface area contributed by atoms with E-state index in [1.165, 1.54) is 12.1 Å². The Labute approximate surface area is 421 Å². The van der Waals surface area contributed by atoms with Crippen LogP contribution in [-0.2, 0) is 62.9 Å². The van der Waals surface area contributed by atoms with Crippen molar-refractivity contribution >= 4 is 62.6 Å². The van der Waals surface area contributed by atoms with Crippen molar-refractivity contribution in [1.82, 2.24) is 36.9 Å². The lowest BCUT2D eigenvalue weighted by Gasteiger charge is -2.26. The number of ether oxygens (including phenoxy) is 1. The number of carboxylic acid groups (broad SMARTS) is 1. The second-order valence-electron chi connectivity index (χ2n) is 18.9. The molecule has 0 radical (unpaired) electrons. The van der Waals surface area contributed by atoms with Crippen LogP contribution in [0, 0.1) is 0 Å². The van der Waals surface area contributed by atoms with Crippen molar-refractivity contribution in [1.29, 1.82) is 0 Å². The lowest BCUT2D eigenvalue weighted by molar-refractivity contribution is -0.138. The van der Waals surface area contributed by atoms with E-state index in [1.54, 1.807) is 27.0 Å². The summed E-state index contributed by atoms with van der Waals surface area (Å²) < 4.78 is 38.0. The SMILES string of the molecule is CCCC[C@H](NC(=O)[C@H](Cc1ccc(S(=O)(=O)O)cc1)NC(=O)OC(C)(C)C)C(=O)NCC(=O)N[C@H](Cc1c[nH]c2ccccc12)C(=O)N[C@@H](CCCC)C(=O)N[C@H](CCCCc1ccccc1)CC(=O)O. The van der Waals surface area contributed by atoms with Gasteiger partial charge in [0.1, 0.15) is 29.8 Å². The third kappa shape index (κ3) is 20.1. The van der Waals surface area contributed by atoms with E-state index in [0.29, 0.717) is 49.7 Å². The summed E-state index contributed by atoms with van der Waals surface area (Å²) in [4.78, 5) is 97.2. The Hall–Kier alpha value is -6.80. The average molecular weight is 1020 g/mol. The minimum atomic E-state index is -4.50. The zero-order chi connectivity index (χ0) is 52.8. The van der Waals surface area contributed by atoms with Gasteiger partial charge in [-0.1, -0.05) is 107 Å². The van der Waals surface area contributed by atoms with Gasteiger partial charge in [-0.05, 0) is 87.8 Å². The lowest BCUT2D eigenvalue weighted by Crippen LogP contribution is -2.57. The Kier molecular flexibility index (Phi) is 22.7. The van der Waals surface area contributed by atoms with Crippen LogP contribution in [0.3, 0.4) is 0 Å². The fraction of sp³-hybridized carbons (Fsp3) is 0.481. The van der Waals surface area contributed by atoms with Crippen LogP contribution >= 0.6 is 0 Å². The number of benzene rings is 3. The molecule has 0 saturated carbocycles. The normalized spacial score (nSPS) is 13.6. The molecule has 4 rings (SSSR count). The summed E-state index contributed by atoms with van der Waals surface area (Å²) in [5, 5.41) is 26.7. The molecule has 72 heavy (non-hydrogen) atoms. The molecule has 4 aromatic rings. The highest BCUT2D eigenvalue weighted by atomic mass is 32.2. The van der Waals surface area contributed by atoms with E-state index in [0.717, 1.165) is 41.4 Å². The monoisotopic (exact) mass is 1020 g/mol. The first kappa shape index (κ1) is 57.8. The molecule has 0 aliphatic rings. The van der Waals surface area contributed by atoms with Crippen molar-refractivity contribution in [2.45, 2.75) is 159 Å². The molecule has 1 aromatic heterocycles. The van der Waals surface area contributed by atoms with Gasteiger partial charge in [-0.2, -0.15) is 8.42 Å². The number of amides is 6. The maximum atomic E-state index is 14.3. The van der Waals surface area contributed by atoms with Gasteiger partial charge < -0.3 is 46.7 Å². The van der Waals surface area contributed by atoms with E-state index in [4.69, 9.17) is 4.74 Å². The van der Waals surface area contributed by atoms with Crippen molar-refractivity contribution in [2.24, 2.45) is 0 Å². The number of carbonyl (C=O) groups is 7. The number of unbranched alkanes of at least 4 members (excludes halogenated alkanes) is 3. The van der Waals surface area contributed by atoms with E-state index in [1.807, 2.05) is 68.4 Å². The summed E-state index contributed by atoms with van der Waals surface area (Å²) in [6.07, 6.45) is 5.70. The predicted octanol–water partition coefficient (Wildman–Crippen LogP) is 5.42. The Morgan fingerprint density at radius 3 is 1.82 bits per heavy atom. The maximum Gasteiger partial charge on any atom is 0.408 e. The quantitative estimate of drug-likeness (QED) is 0.0244. The van der Waals surface area contributed by atoms with E-state index in [-0.39, 0.29) is 37.0 Å². The van der Waals surface area contributed by atoms with Gasteiger partial charge in [0.05, 0.1) is 17.9 Å². The van der Waals surface area contributed by atoms with E-state index < -0.39 is 94.1 Å². The zero-order valence-corrected chi connectivity index (χ0v) is 42.6. The number of nitrogens with one attached hydrogen (secondary N) is 7. The topological polar surface area (TPSA) is 291 Å². The summed E-state index contributed by atoms with van der Waals surface area (Å²) >= 11 is 0. The van der Waals surface area contributed by atoms with Crippen LogP contribution in [0.2, 0.25) is 0 Å². The van der Waals surface area contributed by atoms with Gasteiger partial charge in [0, 0.05) is 36.0 Å². The number of carboxylic acids is 1. The molecule has 0 aliphatic carbocycles. The minimum absolute atomic E-state index is 0.0134. The molecule has 6 amide bonds. The van der Waals surface area contributed by atoms with Crippen LogP contribution in [0.5, 0.6) is 0 Å². The molecule has 0 saturated heterocycles. The minimum Gasteiger partial charge on any atom is -0.481 e. The molecule has 1 heterocycles. The molecule has 0 aliphatic heterocycles. The molecule has 392 valence electrons. The van der Waals surface area contributed by atoms with Gasteiger partial charge in [-0.3, -0.25) is 33.3 Å². The van der Waals surface area contributed by atoms with E-state index in [9.17, 15) is 51.6 Å². The third-order valence-corrected chi connectivity index (χ3v) is 12.5. The van der Waals surface area contributed by atoms with Crippen LogP contribution in [0.1, 0.15) is 116 Å². The lowest BCUT2D eigenvalue weighted by atomic mass is 10.0. The summed E-state index contributed by atoms with van der Waals surface area (Å²) in [7, 11) is -4.50. The van der Waals surface area contributed by atoms with Gasteiger partial charge in [0.2, 0.25) is 29.5 Å².